The summed E-state index contributed by atoms with van der Waals surface area (Å²) in [5.41, 5.74) is 5.04. The molecule has 0 saturated heterocycles. The van der Waals surface area contributed by atoms with E-state index in [0.717, 1.165) is 0 Å². The minimum absolute atomic E-state index is 0.00394. The molecule has 0 atom stereocenters. The zero-order chi connectivity index (χ0) is 8.04. The molecule has 0 amide bonds. The predicted octanol–water partition coefficient (Wildman–Crippen LogP) is -1.15. The fraction of sp³-hybridized carbons (Fsp3) is 1.00. The molecule has 5 nitrogen and oxygen atoms in total. The number of nitrogens with two attached hydrogens (primary N) is 1. The Morgan fingerprint density at radius 3 is 2.40 bits per heavy atom. The number of ether oxygens (including phenoxy) is 1. The van der Waals surface area contributed by atoms with E-state index < -0.39 is 10.1 Å². The molecule has 0 aliphatic heterocycles. The van der Waals surface area contributed by atoms with E-state index in [0.29, 0.717) is 13.2 Å². The lowest BCUT2D eigenvalue weighted by atomic mass is 10.7. The molecule has 0 heterocycles. The topological polar surface area (TPSA) is 89.6 Å². The van der Waals surface area contributed by atoms with Crippen LogP contribution in [-0.2, 0) is 14.9 Å². The van der Waals surface area contributed by atoms with Gasteiger partial charge in [-0.2, -0.15) is 8.42 Å². The van der Waals surface area contributed by atoms with Crippen LogP contribution in [0.5, 0.6) is 0 Å². The third kappa shape index (κ3) is 7.83. The zero-order valence-corrected chi connectivity index (χ0v) is 6.30. The smallest absolute Gasteiger partial charge is 0.267 e. The molecule has 10 heavy (non-hydrogen) atoms. The minimum atomic E-state index is -3.87. The molecule has 62 valence electrons. The standard InChI is InChI=1S/C4H11NO4S/c5-1-2-9-3-4-10(6,7)8/h1-5H2,(H,6,7,8). The highest BCUT2D eigenvalue weighted by atomic mass is 32.2. The van der Waals surface area contributed by atoms with Crippen LogP contribution in [0.2, 0.25) is 0 Å². The van der Waals surface area contributed by atoms with Crippen molar-refractivity contribution in [1.82, 2.24) is 0 Å². The van der Waals surface area contributed by atoms with E-state index in [1.807, 2.05) is 0 Å². The molecule has 3 N–H and O–H groups in total. The Labute approximate surface area is 59.9 Å². The predicted molar refractivity (Wildman–Crippen MR) is 36.3 cm³/mol. The summed E-state index contributed by atoms with van der Waals surface area (Å²) in [6.45, 7) is 0.664. The van der Waals surface area contributed by atoms with Crippen molar-refractivity contribution >= 4 is 10.1 Å². The first-order valence-corrected chi connectivity index (χ1v) is 4.40. The van der Waals surface area contributed by atoms with Crippen molar-refractivity contribution in [1.29, 1.82) is 0 Å². The molecule has 0 unspecified atom stereocenters. The molecule has 0 aromatic rings. The van der Waals surface area contributed by atoms with Crippen LogP contribution in [0.3, 0.4) is 0 Å². The van der Waals surface area contributed by atoms with Gasteiger partial charge in [-0.15, -0.1) is 0 Å². The van der Waals surface area contributed by atoms with E-state index in [1.165, 1.54) is 0 Å². The van der Waals surface area contributed by atoms with E-state index in [9.17, 15) is 8.42 Å². The summed E-state index contributed by atoms with van der Waals surface area (Å²) in [6.07, 6.45) is 0. The van der Waals surface area contributed by atoms with Crippen molar-refractivity contribution in [3.05, 3.63) is 0 Å². The van der Waals surface area contributed by atoms with Gasteiger partial charge in [0.1, 0.15) is 0 Å². The maximum atomic E-state index is 10.0. The summed E-state index contributed by atoms with van der Waals surface area (Å²) >= 11 is 0. The summed E-state index contributed by atoms with van der Waals surface area (Å²) in [7, 11) is -3.87. The second-order valence-corrected chi connectivity index (χ2v) is 3.26. The monoisotopic (exact) mass is 169 g/mol. The highest BCUT2D eigenvalue weighted by molar-refractivity contribution is 7.85. The van der Waals surface area contributed by atoms with Crippen molar-refractivity contribution in [2.45, 2.75) is 0 Å². The van der Waals surface area contributed by atoms with Crippen LogP contribution in [0, 0.1) is 0 Å². The molecular formula is C4H11NO4S. The molecule has 0 rings (SSSR count). The van der Waals surface area contributed by atoms with Gasteiger partial charge in [-0.05, 0) is 0 Å². The van der Waals surface area contributed by atoms with E-state index in [2.05, 4.69) is 0 Å². The normalized spacial score (nSPS) is 11.8. The van der Waals surface area contributed by atoms with Gasteiger partial charge in [0.15, 0.2) is 0 Å². The average Bonchev–Trinajstić information content (AvgIpc) is 1.78. The number of rotatable bonds is 5. The number of hydrogen-bond donors (Lipinski definition) is 2. The second-order valence-electron chi connectivity index (χ2n) is 1.69. The Morgan fingerprint density at radius 1 is 1.40 bits per heavy atom. The molecule has 0 saturated carbocycles. The van der Waals surface area contributed by atoms with E-state index in [1.54, 1.807) is 0 Å². The largest absolute Gasteiger partial charge is 0.379 e. The zero-order valence-electron chi connectivity index (χ0n) is 5.49. The van der Waals surface area contributed by atoms with Gasteiger partial charge in [0, 0.05) is 6.54 Å². The van der Waals surface area contributed by atoms with Crippen molar-refractivity contribution in [3.63, 3.8) is 0 Å². The molecule has 0 fully saturated rings. The summed E-state index contributed by atoms with van der Waals surface area (Å²) in [5.74, 6) is -0.368. The Hall–Kier alpha value is -0.170. The van der Waals surface area contributed by atoms with E-state index >= 15 is 0 Å². The number of hydrogen-bond acceptors (Lipinski definition) is 4. The van der Waals surface area contributed by atoms with Gasteiger partial charge in [-0.25, -0.2) is 0 Å². The van der Waals surface area contributed by atoms with E-state index in [-0.39, 0.29) is 12.4 Å². The maximum absolute atomic E-state index is 10.0. The molecule has 0 radical (unpaired) electrons. The van der Waals surface area contributed by atoms with Gasteiger partial charge in [0.2, 0.25) is 0 Å². The van der Waals surface area contributed by atoms with E-state index in [4.69, 9.17) is 15.0 Å². The van der Waals surface area contributed by atoms with Gasteiger partial charge in [0.05, 0.1) is 19.0 Å². The van der Waals surface area contributed by atoms with Crippen LogP contribution >= 0.6 is 0 Å². The quantitative estimate of drug-likeness (QED) is 0.400. The molecule has 0 spiro atoms. The van der Waals surface area contributed by atoms with Crippen LogP contribution in [0.4, 0.5) is 0 Å². The fourth-order valence-electron chi connectivity index (χ4n) is 0.350. The summed E-state index contributed by atoms with van der Waals surface area (Å²) in [6, 6.07) is 0. The minimum Gasteiger partial charge on any atom is -0.379 e. The van der Waals surface area contributed by atoms with Gasteiger partial charge >= 0.3 is 0 Å². The van der Waals surface area contributed by atoms with Gasteiger partial charge in [-0.1, -0.05) is 0 Å². The third-order valence-corrected chi connectivity index (χ3v) is 1.43. The van der Waals surface area contributed by atoms with Crippen LogP contribution in [0.1, 0.15) is 0 Å². The van der Waals surface area contributed by atoms with Crippen molar-refractivity contribution in [3.8, 4) is 0 Å². The van der Waals surface area contributed by atoms with Gasteiger partial charge in [-0.3, -0.25) is 4.55 Å². The molecule has 0 aliphatic rings. The Kier molecular flexibility index (Phi) is 4.54. The van der Waals surface area contributed by atoms with Crippen LogP contribution in [0.25, 0.3) is 0 Å². The van der Waals surface area contributed by atoms with Gasteiger partial charge < -0.3 is 10.5 Å². The van der Waals surface area contributed by atoms with Crippen LogP contribution < -0.4 is 5.73 Å². The Morgan fingerprint density at radius 2 is 2.00 bits per heavy atom. The average molecular weight is 169 g/mol. The SMILES string of the molecule is NCCOCCS(=O)(=O)O. The third-order valence-electron chi connectivity index (χ3n) is 0.748. The summed E-state index contributed by atoms with van der Waals surface area (Å²) < 4.78 is 33.0. The fourth-order valence-corrected chi connectivity index (χ4v) is 0.678. The second kappa shape index (κ2) is 4.62. The molecule has 0 aromatic carbocycles. The lowest BCUT2D eigenvalue weighted by Crippen LogP contribution is -2.14. The first kappa shape index (κ1) is 9.83. The summed E-state index contributed by atoms with van der Waals surface area (Å²) in [4.78, 5) is 0. The molecule has 6 heteroatoms. The lowest BCUT2D eigenvalue weighted by Gasteiger charge is -1.98. The molecule has 0 bridgehead atoms. The first-order valence-electron chi connectivity index (χ1n) is 2.79. The molecule has 0 aliphatic carbocycles. The highest BCUT2D eigenvalue weighted by Gasteiger charge is 2.02. The molecular weight excluding hydrogens is 158 g/mol. The highest BCUT2D eigenvalue weighted by Crippen LogP contribution is 1.81. The van der Waals surface area contributed by atoms with Crippen molar-refractivity contribution in [2.75, 3.05) is 25.5 Å². The van der Waals surface area contributed by atoms with Crippen molar-refractivity contribution in [2.24, 2.45) is 5.73 Å². The maximum Gasteiger partial charge on any atom is 0.267 e. The Balaban J connectivity index is 3.21. The van der Waals surface area contributed by atoms with Crippen molar-refractivity contribution < 1.29 is 17.7 Å². The first-order chi connectivity index (χ1) is 4.56. The lowest BCUT2D eigenvalue weighted by molar-refractivity contribution is 0.156. The molecule has 0 aromatic heterocycles. The Bertz CT molecular complexity index is 164. The summed E-state index contributed by atoms with van der Waals surface area (Å²) in [5, 5.41) is 0. The van der Waals surface area contributed by atoms with Crippen LogP contribution in [-0.4, -0.2) is 38.5 Å². The van der Waals surface area contributed by atoms with Gasteiger partial charge in [0.25, 0.3) is 10.1 Å². The van der Waals surface area contributed by atoms with Crippen LogP contribution in [0.15, 0.2) is 0 Å².